The van der Waals surface area contributed by atoms with Crippen molar-refractivity contribution < 1.29 is 9.53 Å². The molecule has 2 heterocycles. The van der Waals surface area contributed by atoms with Crippen molar-refractivity contribution in [1.29, 1.82) is 0 Å². The van der Waals surface area contributed by atoms with Gasteiger partial charge in [0.25, 0.3) is 0 Å². The molecule has 0 aromatic carbocycles. The molecule has 1 aliphatic rings. The lowest BCUT2D eigenvalue weighted by atomic mass is 10.2. The lowest BCUT2D eigenvalue weighted by Crippen LogP contribution is -2.48. The van der Waals surface area contributed by atoms with Crippen LogP contribution < -0.4 is 5.32 Å². The average molecular weight is 211 g/mol. The van der Waals surface area contributed by atoms with E-state index in [4.69, 9.17) is 0 Å². The summed E-state index contributed by atoms with van der Waals surface area (Å²) in [6, 6.07) is 0.000324. The summed E-state index contributed by atoms with van der Waals surface area (Å²) in [7, 11) is 1.38. The number of aromatic amines is 1. The molecular weight excluding hydrogens is 198 g/mol. The predicted octanol–water partition coefficient (Wildman–Crippen LogP) is -0.483. The lowest BCUT2D eigenvalue weighted by molar-refractivity contribution is 0.109. The molecule has 0 saturated carbocycles. The van der Waals surface area contributed by atoms with Crippen LogP contribution >= 0.6 is 0 Å². The van der Waals surface area contributed by atoms with Gasteiger partial charge in [-0.1, -0.05) is 0 Å². The molecule has 2 rings (SSSR count). The number of amides is 1. The van der Waals surface area contributed by atoms with Crippen LogP contribution in [0.25, 0.3) is 0 Å². The van der Waals surface area contributed by atoms with Crippen molar-refractivity contribution in [2.45, 2.75) is 6.04 Å². The van der Waals surface area contributed by atoms with Crippen molar-refractivity contribution in [1.82, 2.24) is 25.4 Å². The van der Waals surface area contributed by atoms with Crippen LogP contribution in [-0.4, -0.2) is 52.9 Å². The van der Waals surface area contributed by atoms with E-state index in [-0.39, 0.29) is 12.1 Å². The van der Waals surface area contributed by atoms with Gasteiger partial charge in [-0.15, -0.1) is 0 Å². The van der Waals surface area contributed by atoms with Gasteiger partial charge in [0, 0.05) is 19.6 Å². The van der Waals surface area contributed by atoms with Gasteiger partial charge in [0.15, 0.2) is 0 Å². The highest BCUT2D eigenvalue weighted by atomic mass is 16.5. The molecule has 1 amide bonds. The summed E-state index contributed by atoms with van der Waals surface area (Å²) < 4.78 is 4.67. The maximum atomic E-state index is 11.3. The minimum absolute atomic E-state index is 0.000324. The maximum absolute atomic E-state index is 11.3. The van der Waals surface area contributed by atoms with Gasteiger partial charge >= 0.3 is 6.09 Å². The second kappa shape index (κ2) is 4.26. The summed E-state index contributed by atoms with van der Waals surface area (Å²) >= 11 is 0. The number of ether oxygens (including phenoxy) is 1. The van der Waals surface area contributed by atoms with Crippen LogP contribution in [0.4, 0.5) is 4.79 Å². The summed E-state index contributed by atoms with van der Waals surface area (Å²) in [5.41, 5.74) is 0. The second-order valence-electron chi connectivity index (χ2n) is 3.29. The van der Waals surface area contributed by atoms with Gasteiger partial charge in [-0.3, -0.25) is 5.10 Å². The van der Waals surface area contributed by atoms with Gasteiger partial charge in [-0.05, 0) is 0 Å². The van der Waals surface area contributed by atoms with Crippen molar-refractivity contribution >= 4 is 6.09 Å². The van der Waals surface area contributed by atoms with E-state index >= 15 is 0 Å². The summed E-state index contributed by atoms with van der Waals surface area (Å²) in [5.74, 6) is 0.739. The predicted molar refractivity (Wildman–Crippen MR) is 51.1 cm³/mol. The average Bonchev–Trinajstić information content (AvgIpc) is 2.82. The molecule has 82 valence electrons. The Hall–Kier alpha value is -1.63. The molecule has 1 aromatic rings. The number of carbonyl (C=O) groups is 1. The Morgan fingerprint density at radius 1 is 1.73 bits per heavy atom. The zero-order valence-electron chi connectivity index (χ0n) is 8.43. The fourth-order valence-electron chi connectivity index (χ4n) is 1.61. The Bertz CT molecular complexity index is 326. The number of carbonyl (C=O) groups excluding carboxylic acids is 1. The SMILES string of the molecule is COC(=O)N1CCNC(c2ncn[nH]2)C1. The molecule has 1 saturated heterocycles. The molecule has 7 nitrogen and oxygen atoms in total. The van der Waals surface area contributed by atoms with Crippen molar-refractivity contribution in [2.24, 2.45) is 0 Å². The molecular formula is C8H13N5O2. The molecule has 1 fully saturated rings. The third-order valence-corrected chi connectivity index (χ3v) is 2.37. The third kappa shape index (κ3) is 2.07. The van der Waals surface area contributed by atoms with E-state index in [9.17, 15) is 4.79 Å². The Labute approximate surface area is 86.8 Å². The van der Waals surface area contributed by atoms with Gasteiger partial charge in [0.2, 0.25) is 0 Å². The first-order valence-electron chi connectivity index (χ1n) is 4.73. The number of nitrogens with zero attached hydrogens (tertiary/aromatic N) is 3. The molecule has 7 heteroatoms. The number of hydrogen-bond acceptors (Lipinski definition) is 5. The van der Waals surface area contributed by atoms with E-state index in [0.29, 0.717) is 13.1 Å². The number of H-pyrrole nitrogens is 1. The van der Waals surface area contributed by atoms with Crippen LogP contribution in [0.2, 0.25) is 0 Å². The number of nitrogens with one attached hydrogen (secondary N) is 2. The monoisotopic (exact) mass is 211 g/mol. The zero-order chi connectivity index (χ0) is 10.7. The first-order valence-corrected chi connectivity index (χ1v) is 4.73. The summed E-state index contributed by atoms with van der Waals surface area (Å²) in [4.78, 5) is 17.0. The van der Waals surface area contributed by atoms with Gasteiger partial charge in [-0.2, -0.15) is 5.10 Å². The van der Waals surface area contributed by atoms with E-state index < -0.39 is 0 Å². The molecule has 1 unspecified atom stereocenters. The molecule has 1 atom stereocenters. The summed E-state index contributed by atoms with van der Waals surface area (Å²) in [5, 5.41) is 9.81. The highest BCUT2D eigenvalue weighted by Crippen LogP contribution is 2.12. The number of aromatic nitrogens is 3. The van der Waals surface area contributed by atoms with Crippen LogP contribution in [0.15, 0.2) is 6.33 Å². The van der Waals surface area contributed by atoms with Gasteiger partial charge in [0.05, 0.1) is 13.2 Å². The van der Waals surface area contributed by atoms with Crippen molar-refractivity contribution in [2.75, 3.05) is 26.7 Å². The quantitative estimate of drug-likeness (QED) is 0.655. The maximum Gasteiger partial charge on any atom is 0.409 e. The third-order valence-electron chi connectivity index (χ3n) is 2.37. The van der Waals surface area contributed by atoms with Crippen LogP contribution in [-0.2, 0) is 4.74 Å². The molecule has 0 radical (unpaired) electrons. The Morgan fingerprint density at radius 2 is 2.60 bits per heavy atom. The Balaban J connectivity index is 2.01. The number of piperazine rings is 1. The topological polar surface area (TPSA) is 83.1 Å². The van der Waals surface area contributed by atoms with Crippen LogP contribution in [0, 0.1) is 0 Å². The molecule has 0 bridgehead atoms. The van der Waals surface area contributed by atoms with E-state index in [1.54, 1.807) is 4.90 Å². The van der Waals surface area contributed by atoms with Gasteiger partial charge in [0.1, 0.15) is 12.2 Å². The highest BCUT2D eigenvalue weighted by Gasteiger charge is 2.26. The number of rotatable bonds is 1. The molecule has 0 aliphatic carbocycles. The summed E-state index contributed by atoms with van der Waals surface area (Å²) in [6.07, 6.45) is 1.15. The molecule has 1 aromatic heterocycles. The lowest BCUT2D eigenvalue weighted by Gasteiger charge is -2.31. The molecule has 0 spiro atoms. The Kier molecular flexibility index (Phi) is 2.82. The fraction of sp³-hybridized carbons (Fsp3) is 0.625. The van der Waals surface area contributed by atoms with Crippen LogP contribution in [0.1, 0.15) is 11.9 Å². The minimum atomic E-state index is -0.305. The smallest absolute Gasteiger partial charge is 0.409 e. The van der Waals surface area contributed by atoms with E-state index in [1.165, 1.54) is 13.4 Å². The fourth-order valence-corrected chi connectivity index (χ4v) is 1.61. The van der Waals surface area contributed by atoms with E-state index in [1.807, 2.05) is 0 Å². The summed E-state index contributed by atoms with van der Waals surface area (Å²) in [6.45, 7) is 1.92. The minimum Gasteiger partial charge on any atom is -0.453 e. The van der Waals surface area contributed by atoms with E-state index in [2.05, 4.69) is 25.2 Å². The van der Waals surface area contributed by atoms with Crippen LogP contribution in [0.5, 0.6) is 0 Å². The largest absolute Gasteiger partial charge is 0.453 e. The Morgan fingerprint density at radius 3 is 3.27 bits per heavy atom. The van der Waals surface area contributed by atoms with Crippen LogP contribution in [0.3, 0.4) is 0 Å². The van der Waals surface area contributed by atoms with Gasteiger partial charge < -0.3 is 15.0 Å². The first-order chi connectivity index (χ1) is 7.31. The number of methoxy groups -OCH3 is 1. The normalized spacial score (nSPS) is 21.4. The second-order valence-corrected chi connectivity index (χ2v) is 3.29. The van der Waals surface area contributed by atoms with Crippen molar-refractivity contribution in [3.8, 4) is 0 Å². The highest BCUT2D eigenvalue weighted by molar-refractivity contribution is 5.67. The molecule has 2 N–H and O–H groups in total. The number of hydrogen-bond donors (Lipinski definition) is 2. The molecule has 15 heavy (non-hydrogen) atoms. The van der Waals surface area contributed by atoms with Crippen molar-refractivity contribution in [3.05, 3.63) is 12.2 Å². The molecule has 1 aliphatic heterocycles. The van der Waals surface area contributed by atoms with Crippen molar-refractivity contribution in [3.63, 3.8) is 0 Å². The zero-order valence-corrected chi connectivity index (χ0v) is 8.43. The standard InChI is InChI=1S/C8H13N5O2/c1-15-8(14)13-3-2-9-6(4-13)7-10-5-11-12-7/h5-6,9H,2-4H2,1H3,(H,10,11,12). The van der Waals surface area contributed by atoms with Gasteiger partial charge in [-0.25, -0.2) is 9.78 Å². The first kappa shape index (κ1) is 9.91. The van der Waals surface area contributed by atoms with E-state index in [0.717, 1.165) is 12.4 Å².